The molecule has 1 saturated heterocycles. The van der Waals surface area contributed by atoms with Gasteiger partial charge in [0, 0.05) is 29.2 Å². The average Bonchev–Trinajstić information content (AvgIpc) is 2.83. The molecule has 3 heteroatoms. The van der Waals surface area contributed by atoms with Gasteiger partial charge in [0.05, 0.1) is 0 Å². The molecule has 18 heavy (non-hydrogen) atoms. The molecule has 0 saturated carbocycles. The SMILES string of the molecule is CN(CC1CSc2ccccc21)C1CCNCC1. The van der Waals surface area contributed by atoms with Crippen LogP contribution in [0, 0.1) is 0 Å². The minimum absolute atomic E-state index is 0.728. The normalized spacial score (nSPS) is 24.4. The van der Waals surface area contributed by atoms with Gasteiger partial charge in [-0.25, -0.2) is 0 Å². The summed E-state index contributed by atoms with van der Waals surface area (Å²) in [6.45, 7) is 3.59. The molecule has 1 fully saturated rings. The van der Waals surface area contributed by atoms with Gasteiger partial charge in [-0.05, 0) is 44.6 Å². The third-order valence-corrected chi connectivity index (χ3v) is 5.49. The molecular formula is C15H22N2S. The van der Waals surface area contributed by atoms with E-state index in [9.17, 15) is 0 Å². The second-order valence-corrected chi connectivity index (χ2v) is 6.53. The Bertz CT molecular complexity index is 401. The van der Waals surface area contributed by atoms with Crippen LogP contribution in [-0.2, 0) is 0 Å². The van der Waals surface area contributed by atoms with Crippen molar-refractivity contribution < 1.29 is 0 Å². The monoisotopic (exact) mass is 262 g/mol. The number of benzene rings is 1. The Hall–Kier alpha value is -0.510. The lowest BCUT2D eigenvalue weighted by Gasteiger charge is -2.33. The van der Waals surface area contributed by atoms with E-state index in [2.05, 4.69) is 41.5 Å². The molecule has 0 bridgehead atoms. The molecule has 1 unspecified atom stereocenters. The Labute approximate surface area is 114 Å². The van der Waals surface area contributed by atoms with Gasteiger partial charge in [-0.1, -0.05) is 18.2 Å². The Balaban J connectivity index is 1.63. The third-order valence-electron chi connectivity index (χ3n) is 4.24. The van der Waals surface area contributed by atoms with Crippen LogP contribution in [0.1, 0.15) is 24.3 Å². The largest absolute Gasteiger partial charge is 0.317 e. The molecule has 0 aromatic heterocycles. The molecule has 0 aliphatic carbocycles. The number of piperidine rings is 1. The maximum absolute atomic E-state index is 3.45. The summed E-state index contributed by atoms with van der Waals surface area (Å²) in [4.78, 5) is 4.09. The molecule has 1 aromatic carbocycles. The van der Waals surface area contributed by atoms with Gasteiger partial charge in [0.25, 0.3) is 0 Å². The van der Waals surface area contributed by atoms with Crippen LogP contribution in [0.4, 0.5) is 0 Å². The minimum Gasteiger partial charge on any atom is -0.317 e. The standard InChI is InChI=1S/C15H22N2S/c1-17(13-6-8-16-9-7-13)10-12-11-18-15-5-3-2-4-14(12)15/h2-5,12-13,16H,6-11H2,1H3. The van der Waals surface area contributed by atoms with Gasteiger partial charge >= 0.3 is 0 Å². The first-order chi connectivity index (χ1) is 8.84. The van der Waals surface area contributed by atoms with Crippen LogP contribution in [0.25, 0.3) is 0 Å². The number of nitrogens with one attached hydrogen (secondary N) is 1. The van der Waals surface area contributed by atoms with Gasteiger partial charge in [0.2, 0.25) is 0 Å². The predicted octanol–water partition coefficient (Wildman–Crippen LogP) is 2.56. The van der Waals surface area contributed by atoms with E-state index in [0.29, 0.717) is 0 Å². The number of thioether (sulfide) groups is 1. The van der Waals surface area contributed by atoms with Crippen LogP contribution in [0.3, 0.4) is 0 Å². The third kappa shape index (κ3) is 2.58. The molecule has 3 rings (SSSR count). The first kappa shape index (κ1) is 12.5. The summed E-state index contributed by atoms with van der Waals surface area (Å²) in [5.41, 5.74) is 1.57. The molecule has 98 valence electrons. The lowest BCUT2D eigenvalue weighted by Crippen LogP contribution is -2.42. The Morgan fingerprint density at radius 3 is 2.89 bits per heavy atom. The summed E-state index contributed by atoms with van der Waals surface area (Å²) in [6, 6.07) is 9.71. The van der Waals surface area contributed by atoms with E-state index >= 15 is 0 Å². The molecule has 1 aromatic rings. The summed E-state index contributed by atoms with van der Waals surface area (Å²) >= 11 is 2.03. The molecule has 2 nitrogen and oxygen atoms in total. The van der Waals surface area contributed by atoms with Crippen molar-refractivity contribution in [3.05, 3.63) is 29.8 Å². The van der Waals surface area contributed by atoms with Crippen molar-refractivity contribution in [3.8, 4) is 0 Å². The van der Waals surface area contributed by atoms with E-state index in [1.165, 1.54) is 43.1 Å². The van der Waals surface area contributed by atoms with Crippen LogP contribution in [0.2, 0.25) is 0 Å². The van der Waals surface area contributed by atoms with E-state index in [0.717, 1.165) is 12.0 Å². The lowest BCUT2D eigenvalue weighted by atomic mass is 9.98. The zero-order valence-corrected chi connectivity index (χ0v) is 11.9. The first-order valence-electron chi connectivity index (χ1n) is 6.97. The van der Waals surface area contributed by atoms with Gasteiger partial charge in [0.15, 0.2) is 0 Å². The Morgan fingerprint density at radius 2 is 2.06 bits per heavy atom. The number of fused-ring (bicyclic) bond motifs is 1. The summed E-state index contributed by atoms with van der Waals surface area (Å²) in [6.07, 6.45) is 2.61. The van der Waals surface area contributed by atoms with Crippen molar-refractivity contribution in [1.29, 1.82) is 0 Å². The summed E-state index contributed by atoms with van der Waals surface area (Å²) in [7, 11) is 2.31. The minimum atomic E-state index is 0.728. The highest BCUT2D eigenvalue weighted by Gasteiger charge is 2.26. The van der Waals surface area contributed by atoms with Crippen molar-refractivity contribution in [2.45, 2.75) is 29.7 Å². The van der Waals surface area contributed by atoms with E-state index in [1.807, 2.05) is 11.8 Å². The number of hydrogen-bond acceptors (Lipinski definition) is 3. The average molecular weight is 262 g/mol. The fourth-order valence-electron chi connectivity index (χ4n) is 3.12. The summed E-state index contributed by atoms with van der Waals surface area (Å²) in [5.74, 6) is 1.99. The van der Waals surface area contributed by atoms with Gasteiger partial charge in [0.1, 0.15) is 0 Å². The van der Waals surface area contributed by atoms with Crippen molar-refractivity contribution >= 4 is 11.8 Å². The molecular weight excluding hydrogens is 240 g/mol. The smallest absolute Gasteiger partial charge is 0.0117 e. The molecule has 2 heterocycles. The van der Waals surface area contributed by atoms with Gasteiger partial charge < -0.3 is 10.2 Å². The van der Waals surface area contributed by atoms with E-state index < -0.39 is 0 Å². The van der Waals surface area contributed by atoms with E-state index in [1.54, 1.807) is 5.56 Å². The number of nitrogens with zero attached hydrogens (tertiary/aromatic N) is 1. The molecule has 2 aliphatic rings. The molecule has 2 aliphatic heterocycles. The van der Waals surface area contributed by atoms with Gasteiger partial charge in [-0.3, -0.25) is 0 Å². The molecule has 0 spiro atoms. The Kier molecular flexibility index (Phi) is 3.92. The van der Waals surface area contributed by atoms with Crippen LogP contribution in [-0.4, -0.2) is 43.4 Å². The topological polar surface area (TPSA) is 15.3 Å². The summed E-state index contributed by atoms with van der Waals surface area (Å²) in [5, 5.41) is 3.45. The van der Waals surface area contributed by atoms with E-state index in [4.69, 9.17) is 0 Å². The second kappa shape index (κ2) is 5.64. The quantitative estimate of drug-likeness (QED) is 0.901. The first-order valence-corrected chi connectivity index (χ1v) is 7.96. The fraction of sp³-hybridized carbons (Fsp3) is 0.600. The van der Waals surface area contributed by atoms with Crippen LogP contribution >= 0.6 is 11.8 Å². The van der Waals surface area contributed by atoms with Gasteiger partial charge in [-0.15, -0.1) is 11.8 Å². The maximum atomic E-state index is 3.45. The van der Waals surface area contributed by atoms with Crippen LogP contribution < -0.4 is 5.32 Å². The predicted molar refractivity (Wildman–Crippen MR) is 78.4 cm³/mol. The van der Waals surface area contributed by atoms with Crippen molar-refractivity contribution in [1.82, 2.24) is 10.2 Å². The van der Waals surface area contributed by atoms with E-state index in [-0.39, 0.29) is 0 Å². The lowest BCUT2D eigenvalue weighted by molar-refractivity contribution is 0.192. The van der Waals surface area contributed by atoms with Crippen LogP contribution in [0.5, 0.6) is 0 Å². The molecule has 1 N–H and O–H groups in total. The highest BCUT2D eigenvalue weighted by Crippen LogP contribution is 2.39. The number of likely N-dealkylation sites (N-methyl/N-ethyl adjacent to an activating group) is 1. The summed E-state index contributed by atoms with van der Waals surface area (Å²) < 4.78 is 0. The highest BCUT2D eigenvalue weighted by molar-refractivity contribution is 7.99. The van der Waals surface area contributed by atoms with Crippen molar-refractivity contribution in [2.24, 2.45) is 0 Å². The molecule has 0 radical (unpaired) electrons. The number of rotatable bonds is 3. The molecule has 1 atom stereocenters. The van der Waals surface area contributed by atoms with Crippen molar-refractivity contribution in [2.75, 3.05) is 32.4 Å². The van der Waals surface area contributed by atoms with Crippen molar-refractivity contribution in [3.63, 3.8) is 0 Å². The Morgan fingerprint density at radius 1 is 1.28 bits per heavy atom. The highest BCUT2D eigenvalue weighted by atomic mass is 32.2. The molecule has 0 amide bonds. The zero-order valence-electron chi connectivity index (χ0n) is 11.1. The van der Waals surface area contributed by atoms with Gasteiger partial charge in [-0.2, -0.15) is 0 Å². The van der Waals surface area contributed by atoms with Crippen LogP contribution in [0.15, 0.2) is 29.2 Å². The number of hydrogen-bond donors (Lipinski definition) is 1. The second-order valence-electron chi connectivity index (χ2n) is 5.47. The zero-order chi connectivity index (χ0) is 12.4. The maximum Gasteiger partial charge on any atom is 0.0117 e. The fourth-order valence-corrected chi connectivity index (χ4v) is 4.37.